The van der Waals surface area contributed by atoms with Crippen LogP contribution in [0.15, 0.2) is 40.2 Å². The summed E-state index contributed by atoms with van der Waals surface area (Å²) in [5.74, 6) is -0.100. The maximum atomic E-state index is 11.6. The Morgan fingerprint density at radius 1 is 1.33 bits per heavy atom. The highest BCUT2D eigenvalue weighted by Crippen LogP contribution is 2.17. The molecule has 0 aromatic heterocycles. The fourth-order valence-electron chi connectivity index (χ4n) is 0.965. The zero-order valence-electron chi connectivity index (χ0n) is 7.81. The molecule has 0 heterocycles. The van der Waals surface area contributed by atoms with E-state index in [9.17, 15) is 8.42 Å². The third-order valence-corrected chi connectivity index (χ3v) is 3.96. The molecule has 0 aliphatic rings. The van der Waals surface area contributed by atoms with Crippen LogP contribution in [-0.2, 0) is 9.84 Å². The van der Waals surface area contributed by atoms with Crippen LogP contribution in [0.25, 0.3) is 0 Å². The minimum absolute atomic E-state index is 0. The summed E-state index contributed by atoms with van der Waals surface area (Å²) in [5, 5.41) is 0. The first-order chi connectivity index (χ1) is 6.42. The van der Waals surface area contributed by atoms with Gasteiger partial charge in [0.25, 0.3) is 0 Å². The molecule has 0 saturated carbocycles. The molecule has 3 nitrogen and oxygen atoms in total. The first-order valence-corrected chi connectivity index (χ1v) is 6.28. The zero-order chi connectivity index (χ0) is 10.8. The zero-order valence-corrected chi connectivity index (χ0v) is 11.0. The second kappa shape index (κ2) is 5.53. The fraction of sp³-hybridized carbons (Fsp3) is 0.111. The van der Waals surface area contributed by atoms with Gasteiger partial charge in [-0.3, -0.25) is 0 Å². The van der Waals surface area contributed by atoms with Gasteiger partial charge in [0, 0.05) is 10.2 Å². The summed E-state index contributed by atoms with van der Waals surface area (Å²) in [6.45, 7) is 3.50. The first kappa shape index (κ1) is 14.5. The highest BCUT2D eigenvalue weighted by atomic mass is 79.9. The summed E-state index contributed by atoms with van der Waals surface area (Å²) < 4.78 is 23.7. The van der Waals surface area contributed by atoms with E-state index >= 15 is 0 Å². The smallest absolute Gasteiger partial charge is 0.183 e. The number of hydrogen-bond acceptors (Lipinski definition) is 3. The lowest BCUT2D eigenvalue weighted by atomic mass is 10.3. The van der Waals surface area contributed by atoms with Crippen molar-refractivity contribution in [2.24, 2.45) is 0 Å². The van der Waals surface area contributed by atoms with Gasteiger partial charge in [-0.25, -0.2) is 8.42 Å². The molecule has 84 valence electrons. The Labute approximate surface area is 104 Å². The minimum atomic E-state index is -3.28. The molecule has 1 aromatic carbocycles. The molecule has 0 atom stereocenters. The highest BCUT2D eigenvalue weighted by molar-refractivity contribution is 9.11. The Morgan fingerprint density at radius 2 is 1.80 bits per heavy atom. The predicted octanol–water partition coefficient (Wildman–Crippen LogP) is 2.37. The molecule has 0 amide bonds. The van der Waals surface area contributed by atoms with E-state index in [1.165, 1.54) is 12.1 Å². The van der Waals surface area contributed by atoms with E-state index in [0.29, 0.717) is 10.2 Å². The molecular formula is C9H11BrClNO2S. The van der Waals surface area contributed by atoms with Gasteiger partial charge >= 0.3 is 0 Å². The molecule has 6 heteroatoms. The van der Waals surface area contributed by atoms with Crippen molar-refractivity contribution >= 4 is 43.9 Å². The second-order valence-corrected chi connectivity index (χ2v) is 5.96. The van der Waals surface area contributed by atoms with Crippen LogP contribution in [-0.4, -0.2) is 14.2 Å². The van der Waals surface area contributed by atoms with Crippen molar-refractivity contribution in [2.45, 2.75) is 4.90 Å². The summed E-state index contributed by atoms with van der Waals surface area (Å²) >= 11 is 3.02. The Morgan fingerprint density at radius 3 is 2.20 bits per heavy atom. The van der Waals surface area contributed by atoms with E-state index in [-0.39, 0.29) is 23.1 Å². The van der Waals surface area contributed by atoms with Gasteiger partial charge in [-0.15, -0.1) is 12.4 Å². The van der Waals surface area contributed by atoms with Crippen molar-refractivity contribution in [3.63, 3.8) is 0 Å². The van der Waals surface area contributed by atoms with Gasteiger partial charge in [-0.1, -0.05) is 22.5 Å². The van der Waals surface area contributed by atoms with Crippen molar-refractivity contribution < 1.29 is 8.42 Å². The molecule has 15 heavy (non-hydrogen) atoms. The normalized spacial score (nSPS) is 10.5. The van der Waals surface area contributed by atoms with E-state index in [2.05, 4.69) is 22.5 Å². The number of anilines is 1. The quantitative estimate of drug-likeness (QED) is 0.872. The lowest BCUT2D eigenvalue weighted by molar-refractivity contribution is 0.599. The number of nitrogens with two attached hydrogens (primary N) is 1. The van der Waals surface area contributed by atoms with Crippen molar-refractivity contribution in [1.29, 1.82) is 0 Å². The summed E-state index contributed by atoms with van der Waals surface area (Å²) in [4.78, 5) is 0.257. The van der Waals surface area contributed by atoms with Gasteiger partial charge in [-0.05, 0) is 24.3 Å². The number of rotatable bonds is 3. The molecule has 0 radical (unpaired) electrons. The number of nitrogen functional groups attached to an aromatic ring is 1. The van der Waals surface area contributed by atoms with E-state index in [1.807, 2.05) is 0 Å². The molecule has 0 bridgehead atoms. The monoisotopic (exact) mass is 311 g/mol. The first-order valence-electron chi connectivity index (χ1n) is 3.83. The van der Waals surface area contributed by atoms with Crippen LogP contribution in [0.4, 0.5) is 5.69 Å². The van der Waals surface area contributed by atoms with Gasteiger partial charge in [0.05, 0.1) is 10.6 Å². The Hall–Kier alpha value is -0.520. The van der Waals surface area contributed by atoms with Crippen molar-refractivity contribution in [1.82, 2.24) is 0 Å². The molecule has 1 aromatic rings. The Kier molecular flexibility index (Phi) is 5.34. The Bertz CT molecular complexity index is 442. The third kappa shape index (κ3) is 4.24. The second-order valence-electron chi connectivity index (χ2n) is 2.85. The molecule has 0 saturated heterocycles. The number of sulfone groups is 1. The van der Waals surface area contributed by atoms with Gasteiger partial charge in [-0.2, -0.15) is 0 Å². The third-order valence-electron chi connectivity index (χ3n) is 1.59. The number of benzene rings is 1. The molecule has 1 rings (SSSR count). The van der Waals surface area contributed by atoms with E-state index in [0.717, 1.165) is 0 Å². The molecule has 0 fully saturated rings. The average molecular weight is 313 g/mol. The lowest BCUT2D eigenvalue weighted by Gasteiger charge is -2.03. The van der Waals surface area contributed by atoms with Gasteiger partial charge in [0.1, 0.15) is 0 Å². The van der Waals surface area contributed by atoms with E-state index in [1.54, 1.807) is 12.1 Å². The van der Waals surface area contributed by atoms with Crippen LogP contribution in [0.5, 0.6) is 0 Å². The summed E-state index contributed by atoms with van der Waals surface area (Å²) in [5.41, 5.74) is 5.99. The van der Waals surface area contributed by atoms with Crippen LogP contribution in [0.2, 0.25) is 0 Å². The molecule has 2 N–H and O–H groups in total. The van der Waals surface area contributed by atoms with Gasteiger partial charge < -0.3 is 5.73 Å². The van der Waals surface area contributed by atoms with Gasteiger partial charge in [0.2, 0.25) is 0 Å². The van der Waals surface area contributed by atoms with Crippen LogP contribution in [0, 0.1) is 0 Å². The SMILES string of the molecule is C=C(Br)CS(=O)(=O)c1ccc(N)cc1.Cl. The maximum absolute atomic E-state index is 11.6. The van der Waals surface area contributed by atoms with Crippen molar-refractivity contribution in [2.75, 3.05) is 11.5 Å². The minimum Gasteiger partial charge on any atom is -0.399 e. The van der Waals surface area contributed by atoms with Crippen LogP contribution in [0.1, 0.15) is 0 Å². The Balaban J connectivity index is 0.00000196. The predicted molar refractivity (Wildman–Crippen MR) is 68.2 cm³/mol. The largest absolute Gasteiger partial charge is 0.399 e. The molecule has 0 unspecified atom stereocenters. The molecule has 0 aliphatic heterocycles. The van der Waals surface area contributed by atoms with Crippen LogP contribution in [0.3, 0.4) is 0 Å². The summed E-state index contributed by atoms with van der Waals surface area (Å²) in [6, 6.07) is 6.09. The maximum Gasteiger partial charge on any atom is 0.183 e. The van der Waals surface area contributed by atoms with Crippen molar-refractivity contribution in [3.05, 3.63) is 35.3 Å². The fourth-order valence-corrected chi connectivity index (χ4v) is 3.00. The van der Waals surface area contributed by atoms with E-state index in [4.69, 9.17) is 5.73 Å². The van der Waals surface area contributed by atoms with E-state index < -0.39 is 9.84 Å². The van der Waals surface area contributed by atoms with Gasteiger partial charge in [0.15, 0.2) is 9.84 Å². The lowest BCUT2D eigenvalue weighted by Crippen LogP contribution is -2.06. The van der Waals surface area contributed by atoms with Crippen LogP contribution < -0.4 is 5.73 Å². The molecular weight excluding hydrogens is 302 g/mol. The summed E-state index contributed by atoms with van der Waals surface area (Å²) in [7, 11) is -3.28. The average Bonchev–Trinajstić information content (AvgIpc) is 2.02. The van der Waals surface area contributed by atoms with Crippen LogP contribution >= 0.6 is 28.3 Å². The van der Waals surface area contributed by atoms with Crippen molar-refractivity contribution in [3.8, 4) is 0 Å². The molecule has 0 aliphatic carbocycles. The topological polar surface area (TPSA) is 60.2 Å². The standard InChI is InChI=1S/C9H10BrNO2S.ClH/c1-7(10)6-14(12,13)9-4-2-8(11)3-5-9;/h2-5H,1,6,11H2;1H. The number of halogens is 2. The number of hydrogen-bond donors (Lipinski definition) is 1. The summed E-state index contributed by atoms with van der Waals surface area (Å²) in [6.07, 6.45) is 0. The molecule has 0 spiro atoms. The highest BCUT2D eigenvalue weighted by Gasteiger charge is 2.14.